The number of benzene rings is 1. The fourth-order valence-corrected chi connectivity index (χ4v) is 1.43. The highest BCUT2D eigenvalue weighted by Crippen LogP contribution is 2.28. The van der Waals surface area contributed by atoms with Gasteiger partial charge in [-0.05, 0) is 28.1 Å². The van der Waals surface area contributed by atoms with E-state index in [0.29, 0.717) is 10.2 Å². The van der Waals surface area contributed by atoms with E-state index in [1.165, 1.54) is 0 Å². The van der Waals surface area contributed by atoms with E-state index in [1.54, 1.807) is 18.2 Å². The molecule has 6 nitrogen and oxygen atoms in total. The number of nitrogens with one attached hydrogen (secondary N) is 1. The topological polar surface area (TPSA) is 88.1 Å². The Bertz CT molecular complexity index is 526. The predicted molar refractivity (Wildman–Crippen MR) is 57.6 cm³/mol. The monoisotopic (exact) mass is 283 g/mol. The summed E-state index contributed by atoms with van der Waals surface area (Å²) in [6, 6.07) is 7.06. The SMILES string of the molecule is O=C(O)c1nn[nH]c1Oc1ccccc1Br. The standard InChI is InChI=1S/C9H6BrN3O3/c10-5-3-1-2-4-6(5)16-8-7(9(14)15)11-13-12-8/h1-4H,(H,14,15)(H,11,12,13). The molecule has 0 saturated carbocycles. The molecule has 0 aliphatic heterocycles. The van der Waals surface area contributed by atoms with E-state index in [-0.39, 0.29) is 11.6 Å². The first-order chi connectivity index (χ1) is 7.68. The lowest BCUT2D eigenvalue weighted by Crippen LogP contribution is -1.99. The van der Waals surface area contributed by atoms with Crippen LogP contribution in [0.2, 0.25) is 0 Å². The van der Waals surface area contributed by atoms with Crippen LogP contribution in [0.5, 0.6) is 11.6 Å². The van der Waals surface area contributed by atoms with Crippen LogP contribution < -0.4 is 4.74 Å². The molecule has 1 aromatic carbocycles. The highest BCUT2D eigenvalue weighted by Gasteiger charge is 2.17. The first kappa shape index (κ1) is 10.6. The summed E-state index contributed by atoms with van der Waals surface area (Å²) < 4.78 is 6.04. The summed E-state index contributed by atoms with van der Waals surface area (Å²) in [6.45, 7) is 0. The Hall–Kier alpha value is -1.89. The summed E-state index contributed by atoms with van der Waals surface area (Å²) in [6.07, 6.45) is 0. The summed E-state index contributed by atoms with van der Waals surface area (Å²) in [5, 5.41) is 17.9. The van der Waals surface area contributed by atoms with Crippen molar-refractivity contribution < 1.29 is 14.6 Å². The molecule has 0 amide bonds. The second-order valence-electron chi connectivity index (χ2n) is 2.83. The van der Waals surface area contributed by atoms with Gasteiger partial charge in [-0.15, -0.1) is 5.10 Å². The Labute approximate surface area is 98.4 Å². The van der Waals surface area contributed by atoms with Gasteiger partial charge in [-0.1, -0.05) is 17.3 Å². The van der Waals surface area contributed by atoms with Gasteiger partial charge in [0, 0.05) is 0 Å². The summed E-state index contributed by atoms with van der Waals surface area (Å²) in [5.41, 5.74) is -0.254. The largest absolute Gasteiger partial charge is 0.476 e. The summed E-state index contributed by atoms with van der Waals surface area (Å²) >= 11 is 3.28. The lowest BCUT2D eigenvalue weighted by Gasteiger charge is -2.04. The molecule has 0 unspecified atom stereocenters. The van der Waals surface area contributed by atoms with Crippen molar-refractivity contribution in [2.24, 2.45) is 0 Å². The highest BCUT2D eigenvalue weighted by atomic mass is 79.9. The molecule has 0 atom stereocenters. The molecule has 0 spiro atoms. The zero-order valence-electron chi connectivity index (χ0n) is 7.85. The highest BCUT2D eigenvalue weighted by molar-refractivity contribution is 9.10. The van der Waals surface area contributed by atoms with Crippen LogP contribution in [0.1, 0.15) is 10.5 Å². The van der Waals surface area contributed by atoms with Gasteiger partial charge in [0.1, 0.15) is 5.75 Å². The number of carboxylic acids is 1. The Morgan fingerprint density at radius 2 is 2.19 bits per heavy atom. The Morgan fingerprint density at radius 1 is 1.44 bits per heavy atom. The molecule has 2 rings (SSSR count). The molecule has 0 fully saturated rings. The van der Waals surface area contributed by atoms with Crippen molar-refractivity contribution in [3.8, 4) is 11.6 Å². The van der Waals surface area contributed by atoms with Gasteiger partial charge in [-0.3, -0.25) is 0 Å². The molecule has 0 radical (unpaired) electrons. The van der Waals surface area contributed by atoms with E-state index in [0.717, 1.165) is 0 Å². The summed E-state index contributed by atoms with van der Waals surface area (Å²) in [5.74, 6) is -0.716. The second kappa shape index (κ2) is 4.31. The molecule has 0 saturated heterocycles. The summed E-state index contributed by atoms with van der Waals surface area (Å²) in [4.78, 5) is 10.7. The molecular formula is C9H6BrN3O3. The number of halogens is 1. The van der Waals surface area contributed by atoms with Crippen molar-refractivity contribution in [1.29, 1.82) is 0 Å². The number of rotatable bonds is 3. The molecular weight excluding hydrogens is 278 g/mol. The van der Waals surface area contributed by atoms with Crippen LogP contribution >= 0.6 is 15.9 Å². The zero-order chi connectivity index (χ0) is 11.5. The zero-order valence-corrected chi connectivity index (χ0v) is 9.43. The predicted octanol–water partition coefficient (Wildman–Crippen LogP) is 2.06. The van der Waals surface area contributed by atoms with Crippen molar-refractivity contribution >= 4 is 21.9 Å². The average molecular weight is 284 g/mol. The number of hydrogen-bond acceptors (Lipinski definition) is 4. The maximum absolute atomic E-state index is 10.7. The third-order valence-electron chi connectivity index (χ3n) is 1.77. The van der Waals surface area contributed by atoms with Gasteiger partial charge in [0.2, 0.25) is 5.69 Å². The average Bonchev–Trinajstić information content (AvgIpc) is 2.69. The minimum absolute atomic E-state index is 0.000556. The minimum atomic E-state index is -1.20. The number of ether oxygens (including phenoxy) is 1. The maximum atomic E-state index is 10.7. The Morgan fingerprint density at radius 3 is 2.88 bits per heavy atom. The van der Waals surface area contributed by atoms with Gasteiger partial charge in [-0.25, -0.2) is 9.89 Å². The number of aromatic nitrogens is 3. The second-order valence-corrected chi connectivity index (χ2v) is 3.68. The molecule has 1 heterocycles. The molecule has 2 N–H and O–H groups in total. The molecule has 82 valence electrons. The van der Waals surface area contributed by atoms with E-state index in [9.17, 15) is 4.79 Å². The van der Waals surface area contributed by atoms with Crippen molar-refractivity contribution in [2.75, 3.05) is 0 Å². The molecule has 0 aliphatic carbocycles. The number of H-pyrrole nitrogens is 1. The number of carboxylic acid groups (broad SMARTS) is 1. The van der Waals surface area contributed by atoms with Crippen LogP contribution in [0.25, 0.3) is 0 Å². The normalized spacial score (nSPS) is 10.1. The smallest absolute Gasteiger partial charge is 0.362 e. The van der Waals surface area contributed by atoms with Gasteiger partial charge >= 0.3 is 5.97 Å². The van der Waals surface area contributed by atoms with Gasteiger partial charge in [-0.2, -0.15) is 0 Å². The van der Waals surface area contributed by atoms with E-state index >= 15 is 0 Å². The molecule has 16 heavy (non-hydrogen) atoms. The Balaban J connectivity index is 2.31. The van der Waals surface area contributed by atoms with Crippen LogP contribution in [-0.4, -0.2) is 26.5 Å². The van der Waals surface area contributed by atoms with Gasteiger partial charge in [0.05, 0.1) is 4.47 Å². The quantitative estimate of drug-likeness (QED) is 0.900. The fourth-order valence-electron chi connectivity index (χ4n) is 1.07. The molecule has 7 heteroatoms. The van der Waals surface area contributed by atoms with Crippen LogP contribution in [0.3, 0.4) is 0 Å². The number of carbonyl (C=O) groups is 1. The molecule has 2 aromatic rings. The lowest BCUT2D eigenvalue weighted by molar-refractivity contribution is 0.0687. The third-order valence-corrected chi connectivity index (χ3v) is 2.42. The van der Waals surface area contributed by atoms with Crippen LogP contribution in [0.15, 0.2) is 28.7 Å². The van der Waals surface area contributed by atoms with Gasteiger partial charge < -0.3 is 9.84 Å². The lowest BCUT2D eigenvalue weighted by atomic mass is 10.3. The number of nitrogens with zero attached hydrogens (tertiary/aromatic N) is 2. The number of aromatic carboxylic acids is 1. The van der Waals surface area contributed by atoms with Gasteiger partial charge in [0.25, 0.3) is 5.88 Å². The third kappa shape index (κ3) is 2.03. The van der Waals surface area contributed by atoms with Crippen LogP contribution in [0, 0.1) is 0 Å². The number of aromatic amines is 1. The van der Waals surface area contributed by atoms with Crippen molar-refractivity contribution in [3.05, 3.63) is 34.4 Å². The number of para-hydroxylation sites is 1. The van der Waals surface area contributed by atoms with E-state index in [2.05, 4.69) is 31.3 Å². The summed E-state index contributed by atoms with van der Waals surface area (Å²) in [7, 11) is 0. The first-order valence-electron chi connectivity index (χ1n) is 4.25. The molecule has 0 aliphatic rings. The van der Waals surface area contributed by atoms with E-state index in [1.807, 2.05) is 6.07 Å². The van der Waals surface area contributed by atoms with E-state index in [4.69, 9.17) is 9.84 Å². The number of hydrogen-bond donors (Lipinski definition) is 2. The van der Waals surface area contributed by atoms with Gasteiger partial charge in [0.15, 0.2) is 0 Å². The minimum Gasteiger partial charge on any atom is -0.476 e. The van der Waals surface area contributed by atoms with Crippen molar-refractivity contribution in [2.45, 2.75) is 0 Å². The molecule has 0 bridgehead atoms. The van der Waals surface area contributed by atoms with E-state index < -0.39 is 5.97 Å². The molecule has 1 aromatic heterocycles. The fraction of sp³-hybridized carbons (Fsp3) is 0. The maximum Gasteiger partial charge on any atom is 0.362 e. The van der Waals surface area contributed by atoms with Crippen molar-refractivity contribution in [1.82, 2.24) is 15.4 Å². The first-order valence-corrected chi connectivity index (χ1v) is 5.04. The Kier molecular flexibility index (Phi) is 2.86. The van der Waals surface area contributed by atoms with Crippen molar-refractivity contribution in [3.63, 3.8) is 0 Å². The van der Waals surface area contributed by atoms with Crippen LogP contribution in [-0.2, 0) is 0 Å². The van der Waals surface area contributed by atoms with Crippen LogP contribution in [0.4, 0.5) is 0 Å².